The van der Waals surface area contributed by atoms with Crippen molar-refractivity contribution < 1.29 is 22.7 Å². The first-order valence-electron chi connectivity index (χ1n) is 7.60. The van der Waals surface area contributed by atoms with Crippen LogP contribution in [0.4, 0.5) is 13.2 Å². The van der Waals surface area contributed by atoms with Gasteiger partial charge in [0.2, 0.25) is 5.91 Å². The van der Waals surface area contributed by atoms with Crippen LogP contribution in [0.5, 0.6) is 5.75 Å². The summed E-state index contributed by atoms with van der Waals surface area (Å²) in [6.07, 6.45) is -1.98. The van der Waals surface area contributed by atoms with Crippen LogP contribution in [0, 0.1) is 12.8 Å². The zero-order chi connectivity index (χ0) is 16.9. The van der Waals surface area contributed by atoms with Crippen LogP contribution in [0.25, 0.3) is 0 Å². The maximum atomic E-state index is 12.3. The summed E-state index contributed by atoms with van der Waals surface area (Å²) in [5, 5.41) is 5.75. The molecule has 4 nitrogen and oxygen atoms in total. The van der Waals surface area contributed by atoms with Crippen LogP contribution in [0.1, 0.15) is 24.0 Å². The molecular weight excluding hydrogens is 345 g/mol. The van der Waals surface area contributed by atoms with Crippen molar-refractivity contribution in [1.29, 1.82) is 0 Å². The van der Waals surface area contributed by atoms with Crippen molar-refractivity contribution in [3.63, 3.8) is 0 Å². The van der Waals surface area contributed by atoms with Gasteiger partial charge in [0.05, 0.1) is 6.54 Å². The normalized spacial score (nSPS) is 14.0. The van der Waals surface area contributed by atoms with Gasteiger partial charge in [-0.1, -0.05) is 12.1 Å². The molecule has 0 aromatic heterocycles. The Morgan fingerprint density at radius 2 is 2.04 bits per heavy atom. The fourth-order valence-corrected chi connectivity index (χ4v) is 2.07. The molecule has 1 amide bonds. The number of hydrogen-bond donors (Lipinski definition) is 2. The van der Waals surface area contributed by atoms with Gasteiger partial charge in [-0.05, 0) is 43.9 Å². The van der Waals surface area contributed by atoms with E-state index in [4.69, 9.17) is 4.74 Å². The first kappa shape index (κ1) is 20.6. The average Bonchev–Trinajstić information content (AvgIpc) is 3.27. The predicted molar refractivity (Wildman–Crippen MR) is 87.4 cm³/mol. The molecule has 1 saturated carbocycles. The van der Waals surface area contributed by atoms with Gasteiger partial charge in [0.25, 0.3) is 0 Å². The van der Waals surface area contributed by atoms with Gasteiger partial charge < -0.3 is 15.4 Å². The summed E-state index contributed by atoms with van der Waals surface area (Å²) in [7, 11) is 0. The molecular formula is C16H22ClF3N2O2. The third kappa shape index (κ3) is 7.88. The van der Waals surface area contributed by atoms with Crippen LogP contribution in [0.15, 0.2) is 18.2 Å². The predicted octanol–water partition coefficient (Wildman–Crippen LogP) is 2.97. The third-order valence-corrected chi connectivity index (χ3v) is 3.51. The molecule has 2 rings (SSSR count). The lowest BCUT2D eigenvalue weighted by Gasteiger charge is -2.14. The Balaban J connectivity index is 0.00000288. The minimum absolute atomic E-state index is 0. The van der Waals surface area contributed by atoms with Crippen molar-refractivity contribution in [2.75, 3.05) is 19.7 Å². The summed E-state index contributed by atoms with van der Waals surface area (Å²) in [6.45, 7) is 1.60. The monoisotopic (exact) mass is 366 g/mol. The van der Waals surface area contributed by atoms with Gasteiger partial charge in [-0.15, -0.1) is 12.4 Å². The van der Waals surface area contributed by atoms with E-state index in [2.05, 4.69) is 10.6 Å². The summed E-state index contributed by atoms with van der Waals surface area (Å²) in [5.41, 5.74) is 1.32. The summed E-state index contributed by atoms with van der Waals surface area (Å²) in [4.78, 5) is 11.7. The van der Waals surface area contributed by atoms with Gasteiger partial charge in [0.1, 0.15) is 5.75 Å². The van der Waals surface area contributed by atoms with E-state index in [9.17, 15) is 18.0 Å². The highest BCUT2D eigenvalue weighted by Gasteiger charge is 2.28. The molecule has 0 atom stereocenters. The van der Waals surface area contributed by atoms with Crippen LogP contribution in [-0.2, 0) is 11.3 Å². The van der Waals surface area contributed by atoms with E-state index >= 15 is 0 Å². The van der Waals surface area contributed by atoms with Crippen LogP contribution in [-0.4, -0.2) is 31.8 Å². The van der Waals surface area contributed by atoms with Gasteiger partial charge in [-0.3, -0.25) is 4.79 Å². The van der Waals surface area contributed by atoms with Gasteiger partial charge >= 0.3 is 6.18 Å². The summed E-state index contributed by atoms with van der Waals surface area (Å²) >= 11 is 0. The molecule has 1 aromatic carbocycles. The molecule has 0 radical (unpaired) electrons. The molecule has 0 saturated heterocycles. The van der Waals surface area contributed by atoms with E-state index in [1.807, 2.05) is 0 Å². The second kappa shape index (κ2) is 9.13. The van der Waals surface area contributed by atoms with Gasteiger partial charge in [-0.25, -0.2) is 0 Å². The third-order valence-electron chi connectivity index (χ3n) is 3.51. The highest BCUT2D eigenvalue weighted by molar-refractivity contribution is 5.85. The first-order valence-corrected chi connectivity index (χ1v) is 7.60. The molecule has 1 fully saturated rings. The Hall–Kier alpha value is -1.47. The fraction of sp³-hybridized carbons (Fsp3) is 0.562. The molecule has 8 heteroatoms. The molecule has 0 heterocycles. The highest BCUT2D eigenvalue weighted by Crippen LogP contribution is 2.27. The Bertz CT molecular complexity index is 549. The lowest BCUT2D eigenvalue weighted by atomic mass is 10.1. The zero-order valence-electron chi connectivity index (χ0n) is 13.4. The van der Waals surface area contributed by atoms with E-state index in [-0.39, 0.29) is 37.2 Å². The molecule has 136 valence electrons. The SMILES string of the molecule is Cc1ccc(CNC(=O)CNCC2CC2)c(OCC(F)(F)F)c1.Cl. The maximum Gasteiger partial charge on any atom is 0.422 e. The maximum absolute atomic E-state index is 12.3. The second-order valence-electron chi connectivity index (χ2n) is 5.87. The van der Waals surface area contributed by atoms with Crippen molar-refractivity contribution in [1.82, 2.24) is 10.6 Å². The number of aryl methyl sites for hydroxylation is 1. The molecule has 2 N–H and O–H groups in total. The topological polar surface area (TPSA) is 50.4 Å². The molecule has 1 aliphatic carbocycles. The van der Waals surface area contributed by atoms with E-state index in [0.29, 0.717) is 11.5 Å². The lowest BCUT2D eigenvalue weighted by molar-refractivity contribution is -0.153. The highest BCUT2D eigenvalue weighted by atomic mass is 35.5. The van der Waals surface area contributed by atoms with Gasteiger partial charge in [-0.2, -0.15) is 13.2 Å². The van der Waals surface area contributed by atoms with Crippen molar-refractivity contribution in [2.45, 2.75) is 32.5 Å². The van der Waals surface area contributed by atoms with E-state index < -0.39 is 12.8 Å². The lowest BCUT2D eigenvalue weighted by Crippen LogP contribution is -2.34. The van der Waals surface area contributed by atoms with Crippen molar-refractivity contribution >= 4 is 18.3 Å². The van der Waals surface area contributed by atoms with Crippen molar-refractivity contribution in [3.05, 3.63) is 29.3 Å². The Morgan fingerprint density at radius 3 is 2.67 bits per heavy atom. The number of alkyl halides is 3. The van der Waals surface area contributed by atoms with E-state index in [1.54, 1.807) is 25.1 Å². The van der Waals surface area contributed by atoms with Crippen LogP contribution in [0.2, 0.25) is 0 Å². The number of rotatable bonds is 8. The van der Waals surface area contributed by atoms with E-state index in [0.717, 1.165) is 12.1 Å². The minimum atomic E-state index is -4.39. The number of carbonyl (C=O) groups is 1. The molecule has 0 bridgehead atoms. The molecule has 1 aromatic rings. The summed E-state index contributed by atoms with van der Waals surface area (Å²) in [6, 6.07) is 4.98. The van der Waals surface area contributed by atoms with Crippen LogP contribution < -0.4 is 15.4 Å². The molecule has 0 spiro atoms. The summed E-state index contributed by atoms with van der Waals surface area (Å²) < 4.78 is 41.7. The van der Waals surface area contributed by atoms with Crippen molar-refractivity contribution in [3.8, 4) is 5.75 Å². The largest absolute Gasteiger partial charge is 0.484 e. The second-order valence-corrected chi connectivity index (χ2v) is 5.87. The van der Waals surface area contributed by atoms with Gasteiger partial charge in [0.15, 0.2) is 6.61 Å². The quantitative estimate of drug-likeness (QED) is 0.743. The molecule has 0 unspecified atom stereocenters. The Labute approximate surface area is 145 Å². The van der Waals surface area contributed by atoms with Gasteiger partial charge in [0, 0.05) is 12.1 Å². The Morgan fingerprint density at radius 1 is 1.33 bits per heavy atom. The number of nitrogens with one attached hydrogen (secondary N) is 2. The standard InChI is InChI=1S/C16H21F3N2O2.ClH/c1-11-2-5-13(14(6-11)23-10-16(17,18)19)8-21-15(22)9-20-7-12-3-4-12;/h2,5-6,12,20H,3-4,7-10H2,1H3,(H,21,22);1H. The number of benzene rings is 1. The zero-order valence-corrected chi connectivity index (χ0v) is 14.2. The molecule has 1 aliphatic rings. The van der Waals surface area contributed by atoms with Crippen LogP contribution >= 0.6 is 12.4 Å². The molecule has 24 heavy (non-hydrogen) atoms. The number of hydrogen-bond acceptors (Lipinski definition) is 3. The Kier molecular flexibility index (Phi) is 7.83. The smallest absolute Gasteiger partial charge is 0.422 e. The summed E-state index contributed by atoms with van der Waals surface area (Å²) in [5.74, 6) is 0.642. The number of ether oxygens (including phenoxy) is 1. The minimum Gasteiger partial charge on any atom is -0.484 e. The van der Waals surface area contributed by atoms with E-state index in [1.165, 1.54) is 12.8 Å². The van der Waals surface area contributed by atoms with Crippen molar-refractivity contribution in [2.24, 2.45) is 5.92 Å². The average molecular weight is 367 g/mol. The first-order chi connectivity index (χ1) is 10.8. The van der Waals surface area contributed by atoms with Crippen LogP contribution in [0.3, 0.4) is 0 Å². The number of halogens is 4. The molecule has 0 aliphatic heterocycles. The fourth-order valence-electron chi connectivity index (χ4n) is 2.07. The number of amides is 1. The number of carbonyl (C=O) groups excluding carboxylic acids is 1.